The molecule has 1 rings (SSSR count). The predicted molar refractivity (Wildman–Crippen MR) is 75.1 cm³/mol. The van der Waals surface area contributed by atoms with Crippen LogP contribution < -0.4 is 16.4 Å². The number of nitrogens with one attached hydrogen (secondary N) is 2. The maximum atomic E-state index is 11.4. The Labute approximate surface area is 113 Å². The number of rotatable bonds is 4. The number of amides is 1. The Bertz CT molecular complexity index is 448. The number of hydrogen-bond acceptors (Lipinski definition) is 5. The summed E-state index contributed by atoms with van der Waals surface area (Å²) in [5, 5.41) is 9.98. The molecule has 108 valence electrons. The summed E-state index contributed by atoms with van der Waals surface area (Å²) in [6.45, 7) is 8.30. The van der Waals surface area contributed by atoms with Crippen LogP contribution in [0.15, 0.2) is 0 Å². The van der Waals surface area contributed by atoms with Gasteiger partial charge >= 0.3 is 6.09 Å². The highest BCUT2D eigenvalue weighted by atomic mass is 16.6. The molecule has 1 aromatic heterocycles. The van der Waals surface area contributed by atoms with Gasteiger partial charge in [-0.05, 0) is 27.7 Å². The standard InChI is InChI=1S/C12H23N5O2/c1-8-9(13)10(17(5)16-8)14-6-7-15-11(18)19-12(2,3)4/h14H,6-7,13H2,1-5H3,(H,15,18). The molecular weight excluding hydrogens is 246 g/mol. The molecule has 0 fully saturated rings. The first-order valence-electron chi connectivity index (χ1n) is 6.20. The van der Waals surface area contributed by atoms with Gasteiger partial charge in [0.1, 0.15) is 11.4 Å². The fourth-order valence-corrected chi connectivity index (χ4v) is 1.54. The van der Waals surface area contributed by atoms with Gasteiger partial charge in [-0.3, -0.25) is 4.68 Å². The Morgan fingerprint density at radius 3 is 2.53 bits per heavy atom. The molecule has 1 amide bonds. The largest absolute Gasteiger partial charge is 0.444 e. The van der Waals surface area contributed by atoms with Crippen molar-refractivity contribution >= 4 is 17.6 Å². The SMILES string of the molecule is Cc1nn(C)c(NCCNC(=O)OC(C)(C)C)c1N. The van der Waals surface area contributed by atoms with E-state index in [2.05, 4.69) is 15.7 Å². The molecule has 0 unspecified atom stereocenters. The number of carbonyl (C=O) groups is 1. The first-order valence-corrected chi connectivity index (χ1v) is 6.20. The molecule has 0 aromatic carbocycles. The zero-order valence-electron chi connectivity index (χ0n) is 12.2. The molecule has 7 nitrogen and oxygen atoms in total. The molecule has 4 N–H and O–H groups in total. The second kappa shape index (κ2) is 5.81. The lowest BCUT2D eigenvalue weighted by Gasteiger charge is -2.19. The average Bonchev–Trinajstić information content (AvgIpc) is 2.47. The van der Waals surface area contributed by atoms with E-state index < -0.39 is 11.7 Å². The van der Waals surface area contributed by atoms with E-state index in [0.717, 1.165) is 11.5 Å². The number of ether oxygens (including phenoxy) is 1. The highest BCUT2D eigenvalue weighted by Crippen LogP contribution is 2.20. The first-order chi connectivity index (χ1) is 8.70. The molecule has 0 radical (unpaired) electrons. The van der Waals surface area contributed by atoms with E-state index in [1.54, 1.807) is 4.68 Å². The molecule has 0 aliphatic rings. The number of nitrogens with two attached hydrogens (primary N) is 1. The minimum atomic E-state index is -0.485. The van der Waals surface area contributed by atoms with E-state index in [1.165, 1.54) is 0 Å². The van der Waals surface area contributed by atoms with Crippen LogP contribution in [0.25, 0.3) is 0 Å². The molecule has 0 spiro atoms. The number of carbonyl (C=O) groups excluding carboxylic acids is 1. The van der Waals surface area contributed by atoms with E-state index in [0.29, 0.717) is 18.8 Å². The third-order valence-electron chi connectivity index (χ3n) is 2.35. The van der Waals surface area contributed by atoms with Crippen molar-refractivity contribution in [2.45, 2.75) is 33.3 Å². The predicted octanol–water partition coefficient (Wildman–Crippen LogP) is 1.25. The van der Waals surface area contributed by atoms with Gasteiger partial charge in [0.05, 0.1) is 11.4 Å². The van der Waals surface area contributed by atoms with Gasteiger partial charge < -0.3 is 21.1 Å². The van der Waals surface area contributed by atoms with Crippen LogP contribution in [0.5, 0.6) is 0 Å². The summed E-state index contributed by atoms with van der Waals surface area (Å²) in [5.74, 6) is 0.753. The normalized spacial score (nSPS) is 11.2. The van der Waals surface area contributed by atoms with Crippen LogP contribution in [-0.2, 0) is 11.8 Å². The number of aryl methyl sites for hydroxylation is 2. The van der Waals surface area contributed by atoms with Gasteiger partial charge in [-0.25, -0.2) is 4.79 Å². The third-order valence-corrected chi connectivity index (χ3v) is 2.35. The molecule has 0 saturated heterocycles. The minimum absolute atomic E-state index is 0.427. The van der Waals surface area contributed by atoms with Crippen LogP contribution in [0.4, 0.5) is 16.3 Å². The Morgan fingerprint density at radius 2 is 2.05 bits per heavy atom. The second-order valence-corrected chi connectivity index (χ2v) is 5.33. The van der Waals surface area contributed by atoms with Crippen LogP contribution in [0.1, 0.15) is 26.5 Å². The monoisotopic (exact) mass is 269 g/mol. The highest BCUT2D eigenvalue weighted by Gasteiger charge is 2.15. The summed E-state index contributed by atoms with van der Waals surface area (Å²) >= 11 is 0. The summed E-state index contributed by atoms with van der Waals surface area (Å²) in [4.78, 5) is 11.4. The molecule has 7 heteroatoms. The van der Waals surface area contributed by atoms with Crippen LogP contribution in [0, 0.1) is 6.92 Å². The summed E-state index contributed by atoms with van der Waals surface area (Å²) < 4.78 is 6.80. The van der Waals surface area contributed by atoms with Gasteiger partial charge in [-0.1, -0.05) is 0 Å². The molecule has 1 heterocycles. The van der Waals surface area contributed by atoms with E-state index in [1.807, 2.05) is 34.7 Å². The lowest BCUT2D eigenvalue weighted by atomic mass is 10.2. The van der Waals surface area contributed by atoms with Crippen molar-refractivity contribution in [2.75, 3.05) is 24.1 Å². The second-order valence-electron chi connectivity index (χ2n) is 5.33. The van der Waals surface area contributed by atoms with Crippen molar-refractivity contribution in [2.24, 2.45) is 7.05 Å². The maximum Gasteiger partial charge on any atom is 0.407 e. The highest BCUT2D eigenvalue weighted by molar-refractivity contribution is 5.68. The number of anilines is 2. The number of hydrogen-bond donors (Lipinski definition) is 3. The summed E-state index contributed by atoms with van der Waals surface area (Å²) in [6.07, 6.45) is -0.427. The van der Waals surface area contributed by atoms with Crippen LogP contribution in [0.3, 0.4) is 0 Å². The molecule has 1 aromatic rings. The van der Waals surface area contributed by atoms with Crippen LogP contribution in [0.2, 0.25) is 0 Å². The molecule has 0 saturated carbocycles. The zero-order chi connectivity index (χ0) is 14.6. The zero-order valence-corrected chi connectivity index (χ0v) is 12.2. The van der Waals surface area contributed by atoms with E-state index in [9.17, 15) is 4.79 Å². The van der Waals surface area contributed by atoms with Crippen molar-refractivity contribution in [1.29, 1.82) is 0 Å². The van der Waals surface area contributed by atoms with Crippen LogP contribution in [-0.4, -0.2) is 34.6 Å². The molecule has 19 heavy (non-hydrogen) atoms. The molecule has 0 aliphatic heterocycles. The topological polar surface area (TPSA) is 94.2 Å². The van der Waals surface area contributed by atoms with Gasteiger partial charge in [0.15, 0.2) is 0 Å². The first kappa shape index (κ1) is 15.1. The molecular formula is C12H23N5O2. The van der Waals surface area contributed by atoms with E-state index in [-0.39, 0.29) is 0 Å². The van der Waals surface area contributed by atoms with E-state index >= 15 is 0 Å². The number of aromatic nitrogens is 2. The van der Waals surface area contributed by atoms with Crippen molar-refractivity contribution in [3.05, 3.63) is 5.69 Å². The lowest BCUT2D eigenvalue weighted by molar-refractivity contribution is 0.0530. The lowest BCUT2D eigenvalue weighted by Crippen LogP contribution is -2.35. The number of nitrogen functional groups attached to an aromatic ring is 1. The Kier molecular flexibility index (Phi) is 4.63. The van der Waals surface area contributed by atoms with Crippen LogP contribution >= 0.6 is 0 Å². The molecule has 0 atom stereocenters. The van der Waals surface area contributed by atoms with Gasteiger partial charge in [0.2, 0.25) is 0 Å². The smallest absolute Gasteiger partial charge is 0.407 e. The Hall–Kier alpha value is -1.92. The quantitative estimate of drug-likeness (QED) is 0.715. The number of alkyl carbamates (subject to hydrolysis) is 1. The Morgan fingerprint density at radius 1 is 1.42 bits per heavy atom. The summed E-state index contributed by atoms with van der Waals surface area (Å²) in [5.41, 5.74) is 6.79. The maximum absolute atomic E-state index is 11.4. The van der Waals surface area contributed by atoms with Gasteiger partial charge in [0.25, 0.3) is 0 Å². The fraction of sp³-hybridized carbons (Fsp3) is 0.667. The average molecular weight is 269 g/mol. The molecule has 0 aliphatic carbocycles. The number of nitrogens with zero attached hydrogens (tertiary/aromatic N) is 2. The van der Waals surface area contributed by atoms with Crippen molar-refractivity contribution < 1.29 is 9.53 Å². The fourth-order valence-electron chi connectivity index (χ4n) is 1.54. The van der Waals surface area contributed by atoms with Crippen molar-refractivity contribution in [3.63, 3.8) is 0 Å². The van der Waals surface area contributed by atoms with Gasteiger partial charge in [0, 0.05) is 20.1 Å². The van der Waals surface area contributed by atoms with Gasteiger partial charge in [-0.15, -0.1) is 0 Å². The minimum Gasteiger partial charge on any atom is -0.444 e. The summed E-state index contributed by atoms with van der Waals surface area (Å²) in [6, 6.07) is 0. The van der Waals surface area contributed by atoms with E-state index in [4.69, 9.17) is 10.5 Å². The summed E-state index contributed by atoms with van der Waals surface area (Å²) in [7, 11) is 1.81. The Balaban J connectivity index is 2.33. The van der Waals surface area contributed by atoms with Gasteiger partial charge in [-0.2, -0.15) is 5.10 Å². The van der Waals surface area contributed by atoms with Crippen molar-refractivity contribution in [1.82, 2.24) is 15.1 Å². The molecule has 0 bridgehead atoms. The van der Waals surface area contributed by atoms with Crippen molar-refractivity contribution in [3.8, 4) is 0 Å². The third kappa shape index (κ3) is 4.69.